The Labute approximate surface area is 92.2 Å². The molecule has 3 heteroatoms. The fraction of sp³-hybridized carbons (Fsp3) is 0.833. The minimum Gasteiger partial charge on any atom is -0.390 e. The molecule has 0 spiro atoms. The summed E-state index contributed by atoms with van der Waals surface area (Å²) in [5.74, 6) is 5.82. The largest absolute Gasteiger partial charge is 0.390 e. The lowest BCUT2D eigenvalue weighted by molar-refractivity contribution is 0.00192. The number of hydrogen-bond donors (Lipinski definition) is 2. The molecule has 3 nitrogen and oxygen atoms in total. The fourth-order valence-electron chi connectivity index (χ4n) is 1.84. The van der Waals surface area contributed by atoms with Crippen LogP contribution in [0.3, 0.4) is 0 Å². The van der Waals surface area contributed by atoms with Crippen molar-refractivity contribution < 1.29 is 9.84 Å². The lowest BCUT2D eigenvalue weighted by Gasteiger charge is -2.31. The van der Waals surface area contributed by atoms with Crippen LogP contribution in [0, 0.1) is 11.8 Å². The number of morpholine rings is 1. The molecule has 0 amide bonds. The molecule has 0 aromatic rings. The van der Waals surface area contributed by atoms with Crippen LogP contribution in [0.15, 0.2) is 0 Å². The maximum atomic E-state index is 10.1. The second kappa shape index (κ2) is 6.12. The molecular weight excluding hydrogens is 190 g/mol. The van der Waals surface area contributed by atoms with Crippen LogP contribution in [-0.4, -0.2) is 36.5 Å². The molecule has 0 aromatic heterocycles. The van der Waals surface area contributed by atoms with Crippen molar-refractivity contribution in [1.29, 1.82) is 0 Å². The van der Waals surface area contributed by atoms with Gasteiger partial charge in [0.25, 0.3) is 0 Å². The molecule has 0 aromatic carbocycles. The van der Waals surface area contributed by atoms with Crippen LogP contribution in [0.1, 0.15) is 33.1 Å². The number of rotatable bonds is 4. The molecule has 0 aliphatic carbocycles. The van der Waals surface area contributed by atoms with Crippen molar-refractivity contribution in [2.24, 2.45) is 0 Å². The van der Waals surface area contributed by atoms with E-state index in [1.54, 1.807) is 0 Å². The van der Waals surface area contributed by atoms with Crippen molar-refractivity contribution in [2.75, 3.05) is 19.8 Å². The Bertz CT molecular complexity index is 234. The van der Waals surface area contributed by atoms with E-state index in [0.29, 0.717) is 6.61 Å². The summed E-state index contributed by atoms with van der Waals surface area (Å²) >= 11 is 0. The van der Waals surface area contributed by atoms with Crippen molar-refractivity contribution in [1.82, 2.24) is 5.32 Å². The predicted molar refractivity (Wildman–Crippen MR) is 60.5 cm³/mol. The zero-order valence-corrected chi connectivity index (χ0v) is 9.68. The van der Waals surface area contributed by atoms with E-state index in [1.807, 2.05) is 13.8 Å². The SMILES string of the molecule is CC#CCCC(C)(O)CC1COCCN1. The van der Waals surface area contributed by atoms with Crippen molar-refractivity contribution >= 4 is 0 Å². The van der Waals surface area contributed by atoms with Gasteiger partial charge in [0.1, 0.15) is 0 Å². The average molecular weight is 211 g/mol. The molecule has 1 rings (SSSR count). The second-order valence-corrected chi connectivity index (χ2v) is 4.35. The van der Waals surface area contributed by atoms with E-state index in [9.17, 15) is 5.11 Å². The van der Waals surface area contributed by atoms with Gasteiger partial charge in [-0.15, -0.1) is 11.8 Å². The molecule has 15 heavy (non-hydrogen) atoms. The van der Waals surface area contributed by atoms with Gasteiger partial charge in [-0.3, -0.25) is 0 Å². The van der Waals surface area contributed by atoms with Gasteiger partial charge >= 0.3 is 0 Å². The Hall–Kier alpha value is -0.560. The maximum Gasteiger partial charge on any atom is 0.0644 e. The van der Waals surface area contributed by atoms with E-state index in [1.165, 1.54) is 0 Å². The molecule has 1 aliphatic rings. The van der Waals surface area contributed by atoms with Gasteiger partial charge in [0.05, 0.1) is 18.8 Å². The Morgan fingerprint density at radius 1 is 1.60 bits per heavy atom. The Morgan fingerprint density at radius 3 is 3.00 bits per heavy atom. The molecule has 0 radical (unpaired) electrons. The number of ether oxygens (including phenoxy) is 1. The molecule has 2 N–H and O–H groups in total. The molecule has 2 atom stereocenters. The standard InChI is InChI=1S/C12H21NO2/c1-3-4-5-6-12(2,14)9-11-10-15-8-7-13-11/h11,13-14H,5-10H2,1-2H3. The highest BCUT2D eigenvalue weighted by atomic mass is 16.5. The van der Waals surface area contributed by atoms with Crippen LogP contribution in [0.5, 0.6) is 0 Å². The third-order valence-corrected chi connectivity index (χ3v) is 2.65. The summed E-state index contributed by atoms with van der Waals surface area (Å²) in [6, 6.07) is 0.281. The third kappa shape index (κ3) is 5.17. The third-order valence-electron chi connectivity index (χ3n) is 2.65. The quantitative estimate of drug-likeness (QED) is 0.679. The van der Waals surface area contributed by atoms with Gasteiger partial charge in [0.2, 0.25) is 0 Å². The smallest absolute Gasteiger partial charge is 0.0644 e. The van der Waals surface area contributed by atoms with Crippen molar-refractivity contribution in [3.05, 3.63) is 0 Å². The van der Waals surface area contributed by atoms with E-state index in [0.717, 1.165) is 32.4 Å². The summed E-state index contributed by atoms with van der Waals surface area (Å²) in [5.41, 5.74) is -0.637. The minimum absolute atomic E-state index is 0.281. The van der Waals surface area contributed by atoms with Gasteiger partial charge in [-0.25, -0.2) is 0 Å². The van der Waals surface area contributed by atoms with E-state index >= 15 is 0 Å². The van der Waals surface area contributed by atoms with Gasteiger partial charge in [0, 0.05) is 19.0 Å². The fourth-order valence-corrected chi connectivity index (χ4v) is 1.84. The normalized spacial score (nSPS) is 25.1. The molecule has 0 saturated carbocycles. The predicted octanol–water partition coefficient (Wildman–Crippen LogP) is 0.919. The zero-order chi connectivity index (χ0) is 11.1. The van der Waals surface area contributed by atoms with Crippen LogP contribution in [0.25, 0.3) is 0 Å². The van der Waals surface area contributed by atoms with Gasteiger partial charge in [-0.05, 0) is 26.7 Å². The Morgan fingerprint density at radius 2 is 2.40 bits per heavy atom. The van der Waals surface area contributed by atoms with Gasteiger partial charge in [-0.1, -0.05) is 0 Å². The highest BCUT2D eigenvalue weighted by Crippen LogP contribution is 2.19. The Balaban J connectivity index is 2.28. The van der Waals surface area contributed by atoms with Crippen LogP contribution >= 0.6 is 0 Å². The maximum absolute atomic E-state index is 10.1. The lowest BCUT2D eigenvalue weighted by atomic mass is 9.92. The monoisotopic (exact) mass is 211 g/mol. The number of nitrogens with one attached hydrogen (secondary N) is 1. The molecule has 1 heterocycles. The van der Waals surface area contributed by atoms with Crippen molar-refractivity contribution in [3.63, 3.8) is 0 Å². The lowest BCUT2D eigenvalue weighted by Crippen LogP contribution is -2.45. The van der Waals surface area contributed by atoms with E-state index in [2.05, 4.69) is 17.2 Å². The van der Waals surface area contributed by atoms with Crippen molar-refractivity contribution in [3.8, 4) is 11.8 Å². The highest BCUT2D eigenvalue weighted by Gasteiger charge is 2.25. The molecule has 86 valence electrons. The molecule has 2 unspecified atom stereocenters. The minimum atomic E-state index is -0.637. The number of aliphatic hydroxyl groups is 1. The summed E-state index contributed by atoms with van der Waals surface area (Å²) < 4.78 is 5.35. The zero-order valence-electron chi connectivity index (χ0n) is 9.68. The summed E-state index contributed by atoms with van der Waals surface area (Å²) in [4.78, 5) is 0. The molecule has 1 saturated heterocycles. The molecular formula is C12H21NO2. The summed E-state index contributed by atoms with van der Waals surface area (Å²) in [6.07, 6.45) is 2.22. The van der Waals surface area contributed by atoms with Crippen LogP contribution < -0.4 is 5.32 Å². The molecule has 1 aliphatic heterocycles. The van der Waals surface area contributed by atoms with Gasteiger partial charge in [0.15, 0.2) is 0 Å². The Kier molecular flexibility index (Phi) is 5.10. The van der Waals surface area contributed by atoms with E-state index in [4.69, 9.17) is 4.74 Å². The highest BCUT2D eigenvalue weighted by molar-refractivity contribution is 4.97. The van der Waals surface area contributed by atoms with Gasteiger partial charge in [-0.2, -0.15) is 0 Å². The van der Waals surface area contributed by atoms with Crippen LogP contribution in [0.4, 0.5) is 0 Å². The van der Waals surface area contributed by atoms with Crippen LogP contribution in [0.2, 0.25) is 0 Å². The molecule has 0 bridgehead atoms. The first kappa shape index (κ1) is 12.5. The average Bonchev–Trinajstić information content (AvgIpc) is 2.18. The summed E-state index contributed by atoms with van der Waals surface area (Å²) in [7, 11) is 0. The second-order valence-electron chi connectivity index (χ2n) is 4.35. The number of hydrogen-bond acceptors (Lipinski definition) is 3. The van der Waals surface area contributed by atoms with Crippen LogP contribution in [-0.2, 0) is 4.74 Å². The molecule has 1 fully saturated rings. The van der Waals surface area contributed by atoms with E-state index < -0.39 is 5.60 Å². The topological polar surface area (TPSA) is 41.5 Å². The van der Waals surface area contributed by atoms with E-state index in [-0.39, 0.29) is 6.04 Å². The van der Waals surface area contributed by atoms with Gasteiger partial charge < -0.3 is 15.2 Å². The van der Waals surface area contributed by atoms with Crippen molar-refractivity contribution in [2.45, 2.75) is 44.8 Å². The first-order valence-electron chi connectivity index (χ1n) is 5.57. The summed E-state index contributed by atoms with van der Waals surface area (Å²) in [6.45, 7) is 6.07. The summed E-state index contributed by atoms with van der Waals surface area (Å²) in [5, 5.41) is 13.5. The first-order valence-corrected chi connectivity index (χ1v) is 5.57. The first-order chi connectivity index (χ1) is 7.14.